The van der Waals surface area contributed by atoms with E-state index in [4.69, 9.17) is 0 Å². The van der Waals surface area contributed by atoms with Crippen LogP contribution in [0.25, 0.3) is 0 Å². The summed E-state index contributed by atoms with van der Waals surface area (Å²) in [6.45, 7) is 2.86. The molecule has 0 radical (unpaired) electrons. The molecule has 0 N–H and O–H groups in total. The van der Waals surface area contributed by atoms with Gasteiger partial charge in [0.1, 0.15) is 0 Å². The Hall–Kier alpha value is -0.180. The van der Waals surface area contributed by atoms with Gasteiger partial charge < -0.3 is 4.90 Å². The van der Waals surface area contributed by atoms with Crippen molar-refractivity contribution in [2.75, 3.05) is 12.3 Å². The standard InChI is InChI=1S/C8H15NOS/c1-2-8(10)9-5-3-4-7(9)6-11/h7,11H,2-6H2,1H3. The molecule has 0 aromatic heterocycles. The van der Waals surface area contributed by atoms with E-state index in [0.29, 0.717) is 12.5 Å². The molecular weight excluding hydrogens is 158 g/mol. The first kappa shape index (κ1) is 8.91. The number of carbonyl (C=O) groups excluding carboxylic acids is 1. The molecule has 0 bridgehead atoms. The lowest BCUT2D eigenvalue weighted by atomic mass is 10.2. The predicted molar refractivity (Wildman–Crippen MR) is 48.9 cm³/mol. The van der Waals surface area contributed by atoms with Crippen molar-refractivity contribution >= 4 is 18.5 Å². The molecule has 3 heteroatoms. The summed E-state index contributed by atoms with van der Waals surface area (Å²) in [5, 5.41) is 0. The lowest BCUT2D eigenvalue weighted by Crippen LogP contribution is -2.35. The van der Waals surface area contributed by atoms with Crippen molar-refractivity contribution in [3.05, 3.63) is 0 Å². The van der Waals surface area contributed by atoms with Crippen LogP contribution in [-0.2, 0) is 4.79 Å². The Balaban J connectivity index is 2.49. The molecule has 0 saturated carbocycles. The van der Waals surface area contributed by atoms with Gasteiger partial charge in [-0.3, -0.25) is 4.79 Å². The second-order valence-corrected chi connectivity index (χ2v) is 3.28. The average Bonchev–Trinajstić information content (AvgIpc) is 2.50. The van der Waals surface area contributed by atoms with Crippen LogP contribution in [0.15, 0.2) is 0 Å². The van der Waals surface area contributed by atoms with Crippen LogP contribution in [-0.4, -0.2) is 29.1 Å². The monoisotopic (exact) mass is 173 g/mol. The lowest BCUT2D eigenvalue weighted by molar-refractivity contribution is -0.131. The summed E-state index contributed by atoms with van der Waals surface area (Å²) < 4.78 is 0. The third kappa shape index (κ3) is 1.89. The van der Waals surface area contributed by atoms with Gasteiger partial charge in [-0.25, -0.2) is 0 Å². The molecule has 1 rings (SSSR count). The van der Waals surface area contributed by atoms with Crippen LogP contribution in [0.4, 0.5) is 0 Å². The second kappa shape index (κ2) is 4.00. The van der Waals surface area contributed by atoms with Crippen LogP contribution in [0.3, 0.4) is 0 Å². The Kier molecular flexibility index (Phi) is 3.24. The van der Waals surface area contributed by atoms with Crippen molar-refractivity contribution in [2.45, 2.75) is 32.2 Å². The van der Waals surface area contributed by atoms with Gasteiger partial charge in [0.25, 0.3) is 0 Å². The molecule has 1 aliphatic rings. The zero-order valence-corrected chi connectivity index (χ0v) is 7.81. The molecule has 0 aromatic rings. The highest BCUT2D eigenvalue weighted by Crippen LogP contribution is 2.18. The quantitative estimate of drug-likeness (QED) is 0.624. The van der Waals surface area contributed by atoms with Gasteiger partial charge in [0.05, 0.1) is 0 Å². The Morgan fingerprint density at radius 3 is 3.00 bits per heavy atom. The van der Waals surface area contributed by atoms with Gasteiger partial charge in [0, 0.05) is 24.8 Å². The molecule has 0 aromatic carbocycles. The van der Waals surface area contributed by atoms with Crippen LogP contribution < -0.4 is 0 Å². The Bertz CT molecular complexity index is 149. The summed E-state index contributed by atoms with van der Waals surface area (Å²) >= 11 is 4.21. The highest BCUT2D eigenvalue weighted by Gasteiger charge is 2.25. The van der Waals surface area contributed by atoms with Gasteiger partial charge in [-0.1, -0.05) is 6.92 Å². The first-order chi connectivity index (χ1) is 5.29. The third-order valence-corrected chi connectivity index (χ3v) is 2.63. The van der Waals surface area contributed by atoms with E-state index in [1.807, 2.05) is 11.8 Å². The fourth-order valence-corrected chi connectivity index (χ4v) is 1.94. The minimum absolute atomic E-state index is 0.279. The first-order valence-electron chi connectivity index (χ1n) is 4.20. The van der Waals surface area contributed by atoms with E-state index < -0.39 is 0 Å². The number of thiol groups is 1. The molecule has 11 heavy (non-hydrogen) atoms. The highest BCUT2D eigenvalue weighted by molar-refractivity contribution is 7.80. The van der Waals surface area contributed by atoms with Gasteiger partial charge in [-0.05, 0) is 12.8 Å². The summed E-state index contributed by atoms with van der Waals surface area (Å²) in [6, 6.07) is 0.408. The van der Waals surface area contributed by atoms with Gasteiger partial charge in [0.15, 0.2) is 0 Å². The second-order valence-electron chi connectivity index (χ2n) is 2.92. The predicted octanol–water partition coefficient (Wildman–Crippen LogP) is 1.32. The van der Waals surface area contributed by atoms with E-state index in [0.717, 1.165) is 25.1 Å². The van der Waals surface area contributed by atoms with Gasteiger partial charge >= 0.3 is 0 Å². The maximum atomic E-state index is 11.3. The number of carbonyl (C=O) groups is 1. The molecule has 1 heterocycles. The molecule has 64 valence electrons. The molecule has 1 saturated heterocycles. The van der Waals surface area contributed by atoms with Crippen molar-refractivity contribution in [3.63, 3.8) is 0 Å². The Labute approximate surface area is 73.4 Å². The Morgan fingerprint density at radius 1 is 1.73 bits per heavy atom. The van der Waals surface area contributed by atoms with E-state index >= 15 is 0 Å². The summed E-state index contributed by atoms with van der Waals surface area (Å²) in [7, 11) is 0. The highest BCUT2D eigenvalue weighted by atomic mass is 32.1. The van der Waals surface area contributed by atoms with E-state index in [9.17, 15) is 4.79 Å². The number of amides is 1. The minimum Gasteiger partial charge on any atom is -0.339 e. The average molecular weight is 173 g/mol. The van der Waals surface area contributed by atoms with Crippen molar-refractivity contribution in [1.82, 2.24) is 4.90 Å². The van der Waals surface area contributed by atoms with Gasteiger partial charge in [0.2, 0.25) is 5.91 Å². The molecule has 0 spiro atoms. The van der Waals surface area contributed by atoms with Crippen LogP contribution >= 0.6 is 12.6 Å². The smallest absolute Gasteiger partial charge is 0.222 e. The molecule has 1 fully saturated rings. The molecule has 1 amide bonds. The summed E-state index contributed by atoms with van der Waals surface area (Å²) in [6.07, 6.45) is 2.91. The number of nitrogens with zero attached hydrogens (tertiary/aromatic N) is 1. The topological polar surface area (TPSA) is 20.3 Å². The fourth-order valence-electron chi connectivity index (χ4n) is 1.56. The van der Waals surface area contributed by atoms with Gasteiger partial charge in [-0.2, -0.15) is 12.6 Å². The van der Waals surface area contributed by atoms with E-state index in [1.54, 1.807) is 0 Å². The summed E-state index contributed by atoms with van der Waals surface area (Å²) in [4.78, 5) is 13.2. The lowest BCUT2D eigenvalue weighted by Gasteiger charge is -2.22. The Morgan fingerprint density at radius 2 is 2.45 bits per heavy atom. The largest absolute Gasteiger partial charge is 0.339 e. The van der Waals surface area contributed by atoms with Crippen molar-refractivity contribution < 1.29 is 4.79 Å². The fraction of sp³-hybridized carbons (Fsp3) is 0.875. The van der Waals surface area contributed by atoms with Crippen molar-refractivity contribution in [2.24, 2.45) is 0 Å². The molecule has 2 nitrogen and oxygen atoms in total. The first-order valence-corrected chi connectivity index (χ1v) is 4.83. The van der Waals surface area contributed by atoms with Crippen molar-refractivity contribution in [3.8, 4) is 0 Å². The number of hydrogen-bond acceptors (Lipinski definition) is 2. The van der Waals surface area contributed by atoms with Gasteiger partial charge in [-0.15, -0.1) is 0 Å². The van der Waals surface area contributed by atoms with Crippen molar-refractivity contribution in [1.29, 1.82) is 0 Å². The SMILES string of the molecule is CCC(=O)N1CCCC1CS. The maximum Gasteiger partial charge on any atom is 0.222 e. The van der Waals surface area contributed by atoms with Crippen LogP contribution in [0.5, 0.6) is 0 Å². The van der Waals surface area contributed by atoms with E-state index in [1.165, 1.54) is 0 Å². The number of hydrogen-bond donors (Lipinski definition) is 1. The summed E-state index contributed by atoms with van der Waals surface area (Å²) in [5.74, 6) is 1.09. The number of likely N-dealkylation sites (tertiary alicyclic amines) is 1. The van der Waals surface area contributed by atoms with E-state index in [2.05, 4.69) is 12.6 Å². The van der Waals surface area contributed by atoms with Crippen LogP contribution in [0, 0.1) is 0 Å². The molecule has 0 aliphatic carbocycles. The van der Waals surface area contributed by atoms with E-state index in [-0.39, 0.29) is 5.91 Å². The molecule has 1 unspecified atom stereocenters. The molecule has 1 aliphatic heterocycles. The zero-order valence-electron chi connectivity index (χ0n) is 6.92. The molecular formula is C8H15NOS. The maximum absolute atomic E-state index is 11.3. The zero-order chi connectivity index (χ0) is 8.27. The minimum atomic E-state index is 0.279. The summed E-state index contributed by atoms with van der Waals surface area (Å²) in [5.41, 5.74) is 0. The van der Waals surface area contributed by atoms with Crippen LogP contribution in [0.1, 0.15) is 26.2 Å². The molecule has 1 atom stereocenters. The third-order valence-electron chi connectivity index (χ3n) is 2.21. The number of rotatable bonds is 2. The van der Waals surface area contributed by atoms with Crippen LogP contribution in [0.2, 0.25) is 0 Å². The normalized spacial score (nSPS) is 24.2.